The number of thioether (sulfide) groups is 1. The highest BCUT2D eigenvalue weighted by atomic mass is 32.2. The summed E-state index contributed by atoms with van der Waals surface area (Å²) in [6.45, 7) is 0.707. The summed E-state index contributed by atoms with van der Waals surface area (Å²) in [5.41, 5.74) is 3.40. The maximum Gasteiger partial charge on any atom is 0.276 e. The van der Waals surface area contributed by atoms with Crippen molar-refractivity contribution in [1.29, 1.82) is 0 Å². The summed E-state index contributed by atoms with van der Waals surface area (Å²) in [6.07, 6.45) is 1.93. The molecule has 0 N–H and O–H groups in total. The first-order chi connectivity index (χ1) is 15.7. The Hall–Kier alpha value is -3.10. The van der Waals surface area contributed by atoms with Gasteiger partial charge in [0.1, 0.15) is 10.4 Å². The SMILES string of the molecule is COc1ccc(-n2c(SCC(=O)N3CCCc4ccccc43)nc3ccsc3c2=O)cc1. The van der Waals surface area contributed by atoms with Crippen molar-refractivity contribution in [3.05, 3.63) is 75.9 Å². The van der Waals surface area contributed by atoms with Gasteiger partial charge in [0, 0.05) is 12.2 Å². The number of carbonyl (C=O) groups excluding carboxylic acids is 1. The minimum absolute atomic E-state index is 0.0168. The van der Waals surface area contributed by atoms with Crippen LogP contribution in [0.3, 0.4) is 0 Å². The Labute approximate surface area is 193 Å². The van der Waals surface area contributed by atoms with Crippen LogP contribution < -0.4 is 15.2 Å². The van der Waals surface area contributed by atoms with Crippen molar-refractivity contribution in [2.75, 3.05) is 24.3 Å². The highest BCUT2D eigenvalue weighted by Gasteiger charge is 2.23. The van der Waals surface area contributed by atoms with Gasteiger partial charge in [-0.2, -0.15) is 0 Å². The minimum atomic E-state index is -0.131. The van der Waals surface area contributed by atoms with Crippen LogP contribution in [0.4, 0.5) is 5.69 Å². The van der Waals surface area contributed by atoms with Crippen molar-refractivity contribution >= 4 is 44.9 Å². The number of methoxy groups -OCH3 is 1. The molecule has 2 aromatic carbocycles. The van der Waals surface area contributed by atoms with E-state index in [1.807, 2.05) is 58.8 Å². The van der Waals surface area contributed by atoms with Gasteiger partial charge < -0.3 is 9.64 Å². The molecule has 32 heavy (non-hydrogen) atoms. The van der Waals surface area contributed by atoms with Crippen molar-refractivity contribution in [2.24, 2.45) is 0 Å². The van der Waals surface area contributed by atoms with Crippen molar-refractivity contribution < 1.29 is 9.53 Å². The van der Waals surface area contributed by atoms with Gasteiger partial charge in [0.2, 0.25) is 5.91 Å². The summed E-state index contributed by atoms with van der Waals surface area (Å²) in [6, 6.07) is 17.2. The number of aromatic nitrogens is 2. The molecule has 0 bridgehead atoms. The van der Waals surface area contributed by atoms with E-state index < -0.39 is 0 Å². The Kier molecular flexibility index (Phi) is 5.71. The summed E-state index contributed by atoms with van der Waals surface area (Å²) in [7, 11) is 1.60. The molecule has 0 spiro atoms. The van der Waals surface area contributed by atoms with E-state index in [0.717, 1.165) is 18.5 Å². The van der Waals surface area contributed by atoms with E-state index >= 15 is 0 Å². The highest BCUT2D eigenvalue weighted by molar-refractivity contribution is 7.99. The van der Waals surface area contributed by atoms with E-state index in [0.29, 0.717) is 33.4 Å². The van der Waals surface area contributed by atoms with Gasteiger partial charge in [-0.3, -0.25) is 14.2 Å². The fourth-order valence-corrected chi connectivity index (χ4v) is 5.59. The van der Waals surface area contributed by atoms with Crippen molar-refractivity contribution in [3.8, 4) is 11.4 Å². The van der Waals surface area contributed by atoms with Gasteiger partial charge >= 0.3 is 0 Å². The normalized spacial score (nSPS) is 13.2. The molecule has 1 aliphatic rings. The Balaban J connectivity index is 1.48. The molecule has 5 rings (SSSR count). The Morgan fingerprint density at radius 1 is 1.16 bits per heavy atom. The second-order valence-electron chi connectivity index (χ2n) is 7.43. The molecule has 0 aliphatic carbocycles. The third-order valence-corrected chi connectivity index (χ3v) is 7.33. The summed E-state index contributed by atoms with van der Waals surface area (Å²) >= 11 is 2.67. The Morgan fingerprint density at radius 2 is 1.97 bits per heavy atom. The zero-order valence-corrected chi connectivity index (χ0v) is 19.1. The van der Waals surface area contributed by atoms with Crippen molar-refractivity contribution in [2.45, 2.75) is 18.0 Å². The number of carbonyl (C=O) groups is 1. The third kappa shape index (κ3) is 3.80. The van der Waals surface area contributed by atoms with Crippen LogP contribution in [0.1, 0.15) is 12.0 Å². The summed E-state index contributed by atoms with van der Waals surface area (Å²) < 4.78 is 7.42. The van der Waals surface area contributed by atoms with Gasteiger partial charge in [-0.1, -0.05) is 30.0 Å². The number of anilines is 1. The lowest BCUT2D eigenvalue weighted by Gasteiger charge is -2.29. The van der Waals surface area contributed by atoms with E-state index in [-0.39, 0.29) is 17.2 Å². The second-order valence-corrected chi connectivity index (χ2v) is 9.29. The molecule has 4 aromatic rings. The van der Waals surface area contributed by atoms with Crippen LogP contribution in [0, 0.1) is 0 Å². The lowest BCUT2D eigenvalue weighted by atomic mass is 10.0. The number of thiophene rings is 1. The summed E-state index contributed by atoms with van der Waals surface area (Å²) in [5.74, 6) is 0.926. The van der Waals surface area contributed by atoms with E-state index in [1.54, 1.807) is 11.7 Å². The van der Waals surface area contributed by atoms with Crippen LogP contribution in [0.5, 0.6) is 5.75 Å². The fraction of sp³-hybridized carbons (Fsp3) is 0.208. The third-order valence-electron chi connectivity index (χ3n) is 5.52. The fourth-order valence-electron chi connectivity index (χ4n) is 3.94. The van der Waals surface area contributed by atoms with Gasteiger partial charge in [0.05, 0.1) is 24.1 Å². The number of ether oxygens (including phenoxy) is 1. The standard InChI is InChI=1S/C24H21N3O3S2/c1-30-18-10-8-17(9-11-18)27-23(29)22-19(12-14-31-22)25-24(27)32-15-21(28)26-13-4-6-16-5-2-3-7-20(16)26/h2-3,5,7-12,14H,4,6,13,15H2,1H3. The van der Waals surface area contributed by atoms with Gasteiger partial charge in [0.15, 0.2) is 5.16 Å². The van der Waals surface area contributed by atoms with Crippen LogP contribution in [0.2, 0.25) is 0 Å². The lowest BCUT2D eigenvalue weighted by Crippen LogP contribution is -2.36. The Morgan fingerprint density at radius 3 is 2.78 bits per heavy atom. The van der Waals surface area contributed by atoms with Crippen LogP contribution in [0.15, 0.2) is 69.9 Å². The van der Waals surface area contributed by atoms with E-state index in [4.69, 9.17) is 9.72 Å². The number of benzene rings is 2. The molecule has 0 atom stereocenters. The number of rotatable bonds is 5. The molecule has 1 aliphatic heterocycles. The molecular formula is C24H21N3O3S2. The largest absolute Gasteiger partial charge is 0.497 e. The molecule has 2 aromatic heterocycles. The topological polar surface area (TPSA) is 64.4 Å². The lowest BCUT2D eigenvalue weighted by molar-refractivity contribution is -0.116. The summed E-state index contributed by atoms with van der Waals surface area (Å²) in [4.78, 5) is 33.0. The smallest absolute Gasteiger partial charge is 0.276 e. The molecule has 6 nitrogen and oxygen atoms in total. The molecule has 162 valence electrons. The second kappa shape index (κ2) is 8.80. The minimum Gasteiger partial charge on any atom is -0.497 e. The molecule has 8 heteroatoms. The van der Waals surface area contributed by atoms with Gasteiger partial charge in [-0.25, -0.2) is 4.98 Å². The number of aryl methyl sites for hydroxylation is 1. The number of hydrogen-bond acceptors (Lipinski definition) is 6. The number of para-hydroxylation sites is 1. The molecule has 0 unspecified atom stereocenters. The average Bonchev–Trinajstić information content (AvgIpc) is 3.31. The number of amides is 1. The van der Waals surface area contributed by atoms with E-state index in [9.17, 15) is 9.59 Å². The van der Waals surface area contributed by atoms with Gasteiger partial charge in [0.25, 0.3) is 5.56 Å². The van der Waals surface area contributed by atoms with Crippen molar-refractivity contribution in [1.82, 2.24) is 9.55 Å². The van der Waals surface area contributed by atoms with Crippen molar-refractivity contribution in [3.63, 3.8) is 0 Å². The van der Waals surface area contributed by atoms with Crippen LogP contribution >= 0.6 is 23.1 Å². The Bertz CT molecular complexity index is 1340. The van der Waals surface area contributed by atoms with Crippen LogP contribution in [-0.4, -0.2) is 34.9 Å². The molecule has 0 fully saturated rings. The average molecular weight is 464 g/mol. The quantitative estimate of drug-likeness (QED) is 0.321. The van der Waals surface area contributed by atoms with E-state index in [2.05, 4.69) is 6.07 Å². The van der Waals surface area contributed by atoms with Gasteiger partial charge in [-0.05, 0) is 60.2 Å². The summed E-state index contributed by atoms with van der Waals surface area (Å²) in [5, 5.41) is 2.37. The zero-order valence-electron chi connectivity index (χ0n) is 17.5. The number of hydrogen-bond donors (Lipinski definition) is 0. The first kappa shape index (κ1) is 20.8. The molecule has 3 heterocycles. The zero-order chi connectivity index (χ0) is 22.1. The molecule has 0 saturated heterocycles. The predicted octanol–water partition coefficient (Wildman–Crippen LogP) is 4.53. The monoisotopic (exact) mass is 463 g/mol. The van der Waals surface area contributed by atoms with Gasteiger partial charge in [-0.15, -0.1) is 11.3 Å². The first-order valence-corrected chi connectivity index (χ1v) is 12.2. The number of fused-ring (bicyclic) bond motifs is 2. The molecule has 0 saturated carbocycles. The molecule has 1 amide bonds. The van der Waals surface area contributed by atoms with E-state index in [1.165, 1.54) is 28.7 Å². The maximum absolute atomic E-state index is 13.3. The van der Waals surface area contributed by atoms with Crippen LogP contribution in [0.25, 0.3) is 15.9 Å². The predicted molar refractivity (Wildman–Crippen MR) is 130 cm³/mol. The highest BCUT2D eigenvalue weighted by Crippen LogP contribution is 2.29. The molecular weight excluding hydrogens is 442 g/mol. The van der Waals surface area contributed by atoms with Crippen LogP contribution in [-0.2, 0) is 11.2 Å². The maximum atomic E-state index is 13.3. The molecule has 0 radical (unpaired) electrons. The first-order valence-electron chi connectivity index (χ1n) is 10.3. The number of nitrogens with zero attached hydrogens (tertiary/aromatic N) is 3.